The van der Waals surface area contributed by atoms with Crippen molar-refractivity contribution in [2.45, 2.75) is 37.6 Å². The van der Waals surface area contributed by atoms with E-state index in [0.29, 0.717) is 5.41 Å². The number of ether oxygens (including phenoxy) is 1. The molecule has 1 N–H and O–H groups in total. The largest absolute Gasteiger partial charge is 0.497 e. The van der Waals surface area contributed by atoms with E-state index >= 15 is 0 Å². The van der Waals surface area contributed by atoms with Crippen LogP contribution in [0.25, 0.3) is 22.2 Å². The zero-order valence-electron chi connectivity index (χ0n) is 15.2. The number of aryl methyl sites for hydroxylation is 1. The van der Waals surface area contributed by atoms with Crippen molar-refractivity contribution in [1.29, 1.82) is 0 Å². The Kier molecular flexibility index (Phi) is 3.71. The van der Waals surface area contributed by atoms with E-state index in [1.807, 2.05) is 24.4 Å². The molecule has 26 heavy (non-hydrogen) atoms. The van der Waals surface area contributed by atoms with Crippen LogP contribution in [-0.2, 0) is 12.0 Å². The summed E-state index contributed by atoms with van der Waals surface area (Å²) >= 11 is 0. The fourth-order valence-corrected chi connectivity index (χ4v) is 4.64. The van der Waals surface area contributed by atoms with Crippen LogP contribution in [0, 0.1) is 0 Å². The monoisotopic (exact) mass is 348 g/mol. The van der Waals surface area contributed by atoms with Crippen molar-refractivity contribution in [3.8, 4) is 17.0 Å². The number of aromatic nitrogens is 3. The molecule has 0 amide bonds. The first-order chi connectivity index (χ1) is 12.8. The number of nitrogens with zero attached hydrogens (tertiary/aromatic N) is 3. The Balaban J connectivity index is 1.58. The Morgan fingerprint density at radius 1 is 1.12 bits per heavy atom. The SMILES string of the molecule is COc1ccc2ncc(-c3cc4n(n3)CCCC43CCNCC3)cc2c1. The van der Waals surface area contributed by atoms with Crippen LogP contribution in [0.3, 0.4) is 0 Å². The molecule has 5 heteroatoms. The maximum Gasteiger partial charge on any atom is 0.119 e. The molecule has 1 spiro atoms. The first-order valence-corrected chi connectivity index (χ1v) is 9.51. The third-order valence-electron chi connectivity index (χ3n) is 6.09. The molecule has 1 fully saturated rings. The Hall–Kier alpha value is -2.40. The topological polar surface area (TPSA) is 52.0 Å². The summed E-state index contributed by atoms with van der Waals surface area (Å²) in [7, 11) is 1.69. The Bertz CT molecular complexity index is 956. The molecule has 0 saturated carbocycles. The van der Waals surface area contributed by atoms with Crippen molar-refractivity contribution < 1.29 is 4.74 Å². The standard InChI is InChI=1S/C21H24N4O/c1-26-17-3-4-18-15(12-17)11-16(14-23-18)19-13-20-21(6-8-22-9-7-21)5-2-10-25(20)24-19/h3-4,11-14,22H,2,5-10H2,1H3. The molecule has 0 bridgehead atoms. The first-order valence-electron chi connectivity index (χ1n) is 9.51. The summed E-state index contributed by atoms with van der Waals surface area (Å²) in [6, 6.07) is 10.5. The van der Waals surface area contributed by atoms with E-state index in [4.69, 9.17) is 9.84 Å². The van der Waals surface area contributed by atoms with Crippen molar-refractivity contribution in [3.63, 3.8) is 0 Å². The zero-order valence-corrected chi connectivity index (χ0v) is 15.2. The summed E-state index contributed by atoms with van der Waals surface area (Å²) in [5.41, 5.74) is 4.83. The Morgan fingerprint density at radius 2 is 2.00 bits per heavy atom. The number of pyridine rings is 1. The van der Waals surface area contributed by atoms with E-state index in [9.17, 15) is 0 Å². The molecule has 2 aromatic heterocycles. The summed E-state index contributed by atoms with van der Waals surface area (Å²) in [6.07, 6.45) is 6.88. The number of fused-ring (bicyclic) bond motifs is 3. The van der Waals surface area contributed by atoms with Crippen molar-refractivity contribution >= 4 is 10.9 Å². The van der Waals surface area contributed by atoms with Gasteiger partial charge in [0.2, 0.25) is 0 Å². The summed E-state index contributed by atoms with van der Waals surface area (Å²) in [5, 5.41) is 9.54. The third-order valence-corrected chi connectivity index (χ3v) is 6.09. The van der Waals surface area contributed by atoms with Gasteiger partial charge in [-0.2, -0.15) is 5.10 Å². The predicted molar refractivity (Wildman–Crippen MR) is 103 cm³/mol. The van der Waals surface area contributed by atoms with Crippen LogP contribution in [-0.4, -0.2) is 35.0 Å². The van der Waals surface area contributed by atoms with Gasteiger partial charge in [0.05, 0.1) is 18.3 Å². The first kappa shape index (κ1) is 15.8. The van der Waals surface area contributed by atoms with Crippen LogP contribution < -0.4 is 10.1 Å². The number of hydrogen-bond donors (Lipinski definition) is 1. The van der Waals surface area contributed by atoms with Crippen molar-refractivity contribution in [3.05, 3.63) is 42.2 Å². The van der Waals surface area contributed by atoms with Gasteiger partial charge in [-0.05, 0) is 69.1 Å². The highest BCUT2D eigenvalue weighted by atomic mass is 16.5. The van der Waals surface area contributed by atoms with Crippen molar-refractivity contribution in [1.82, 2.24) is 20.1 Å². The average molecular weight is 348 g/mol. The number of rotatable bonds is 2. The van der Waals surface area contributed by atoms with Gasteiger partial charge in [0.15, 0.2) is 0 Å². The molecule has 0 aliphatic carbocycles. The minimum atomic E-state index is 0.308. The Labute approximate surface area is 153 Å². The van der Waals surface area contributed by atoms with Gasteiger partial charge in [0.1, 0.15) is 5.75 Å². The number of piperidine rings is 1. The summed E-state index contributed by atoms with van der Waals surface area (Å²) in [6.45, 7) is 3.25. The average Bonchev–Trinajstić information content (AvgIpc) is 3.14. The van der Waals surface area contributed by atoms with E-state index < -0.39 is 0 Å². The van der Waals surface area contributed by atoms with E-state index in [1.165, 1.54) is 31.4 Å². The molecule has 0 atom stereocenters. The molecule has 0 radical (unpaired) electrons. The summed E-state index contributed by atoms with van der Waals surface area (Å²) in [5.74, 6) is 0.856. The Morgan fingerprint density at radius 3 is 2.85 bits per heavy atom. The minimum Gasteiger partial charge on any atom is -0.497 e. The fraction of sp³-hybridized carbons (Fsp3) is 0.429. The van der Waals surface area contributed by atoms with Gasteiger partial charge >= 0.3 is 0 Å². The second-order valence-electron chi connectivity index (χ2n) is 7.55. The molecule has 5 nitrogen and oxygen atoms in total. The highest BCUT2D eigenvalue weighted by Gasteiger charge is 2.39. The summed E-state index contributed by atoms with van der Waals surface area (Å²) < 4.78 is 7.61. The molecule has 5 rings (SSSR count). The second-order valence-corrected chi connectivity index (χ2v) is 7.55. The smallest absolute Gasteiger partial charge is 0.119 e. The fourth-order valence-electron chi connectivity index (χ4n) is 4.64. The molecule has 3 aromatic rings. The molecule has 1 saturated heterocycles. The van der Waals surface area contributed by atoms with E-state index in [0.717, 1.165) is 47.5 Å². The maximum absolute atomic E-state index is 5.36. The van der Waals surface area contributed by atoms with Crippen molar-refractivity contribution in [2.24, 2.45) is 0 Å². The van der Waals surface area contributed by atoms with Gasteiger partial charge in [-0.3, -0.25) is 9.67 Å². The normalized spacial score (nSPS) is 18.8. The van der Waals surface area contributed by atoms with Gasteiger partial charge < -0.3 is 10.1 Å². The van der Waals surface area contributed by atoms with Gasteiger partial charge in [0.25, 0.3) is 0 Å². The van der Waals surface area contributed by atoms with Crippen LogP contribution in [0.5, 0.6) is 5.75 Å². The predicted octanol–water partition coefficient (Wildman–Crippen LogP) is 3.52. The molecule has 4 heterocycles. The van der Waals surface area contributed by atoms with Gasteiger partial charge in [-0.1, -0.05) is 0 Å². The van der Waals surface area contributed by atoms with Gasteiger partial charge in [-0.15, -0.1) is 0 Å². The number of hydrogen-bond acceptors (Lipinski definition) is 4. The second kappa shape index (κ2) is 6.09. The lowest BCUT2D eigenvalue weighted by atomic mass is 9.71. The molecule has 134 valence electrons. The minimum absolute atomic E-state index is 0.308. The van der Waals surface area contributed by atoms with E-state index in [-0.39, 0.29) is 0 Å². The number of benzene rings is 1. The van der Waals surface area contributed by atoms with Gasteiger partial charge in [-0.25, -0.2) is 0 Å². The van der Waals surface area contributed by atoms with E-state index in [1.54, 1.807) is 7.11 Å². The molecule has 0 unspecified atom stereocenters. The van der Waals surface area contributed by atoms with Crippen LogP contribution in [0.15, 0.2) is 36.5 Å². The van der Waals surface area contributed by atoms with Crippen LogP contribution in [0.4, 0.5) is 0 Å². The lowest BCUT2D eigenvalue weighted by Gasteiger charge is -2.40. The number of methoxy groups -OCH3 is 1. The van der Waals surface area contributed by atoms with Crippen LogP contribution >= 0.6 is 0 Å². The summed E-state index contributed by atoms with van der Waals surface area (Å²) in [4.78, 5) is 4.63. The van der Waals surface area contributed by atoms with Gasteiger partial charge in [0, 0.05) is 34.8 Å². The zero-order chi connectivity index (χ0) is 17.6. The molecule has 2 aliphatic rings. The van der Waals surface area contributed by atoms with Crippen LogP contribution in [0.1, 0.15) is 31.4 Å². The molecule has 1 aromatic carbocycles. The lowest BCUT2D eigenvalue weighted by Crippen LogP contribution is -2.43. The molecular formula is C21H24N4O. The molecule has 2 aliphatic heterocycles. The quantitative estimate of drug-likeness (QED) is 0.770. The maximum atomic E-state index is 5.36. The van der Waals surface area contributed by atoms with Crippen molar-refractivity contribution in [2.75, 3.05) is 20.2 Å². The highest BCUT2D eigenvalue weighted by Crippen LogP contribution is 2.42. The number of nitrogens with one attached hydrogen (secondary N) is 1. The molecular weight excluding hydrogens is 324 g/mol. The third kappa shape index (κ3) is 2.50. The van der Waals surface area contributed by atoms with Crippen LogP contribution in [0.2, 0.25) is 0 Å². The highest BCUT2D eigenvalue weighted by molar-refractivity contribution is 5.84. The van der Waals surface area contributed by atoms with E-state index in [2.05, 4.69) is 27.1 Å². The lowest BCUT2D eigenvalue weighted by molar-refractivity contribution is 0.230.